The lowest BCUT2D eigenvalue weighted by molar-refractivity contribution is -0.132. The van der Waals surface area contributed by atoms with Gasteiger partial charge in [-0.1, -0.05) is 30.3 Å². The minimum atomic E-state index is 0.199. The van der Waals surface area contributed by atoms with Gasteiger partial charge in [-0.3, -0.25) is 9.69 Å². The first-order chi connectivity index (χ1) is 11.7. The molecular weight excluding hydrogens is 302 g/mol. The van der Waals surface area contributed by atoms with E-state index in [9.17, 15) is 4.79 Å². The van der Waals surface area contributed by atoms with Crippen molar-refractivity contribution in [3.05, 3.63) is 42.5 Å². The van der Waals surface area contributed by atoms with E-state index in [1.807, 2.05) is 35.0 Å². The van der Waals surface area contributed by atoms with Crippen LogP contribution >= 0.6 is 0 Å². The maximum absolute atomic E-state index is 12.2. The summed E-state index contributed by atoms with van der Waals surface area (Å²) in [7, 11) is 1.96. The van der Waals surface area contributed by atoms with Crippen molar-refractivity contribution in [2.24, 2.45) is 0 Å². The number of ether oxygens (including phenoxy) is 1. The van der Waals surface area contributed by atoms with Gasteiger partial charge < -0.3 is 15.0 Å². The Morgan fingerprint density at radius 2 is 1.92 bits per heavy atom. The van der Waals surface area contributed by atoms with E-state index in [1.54, 1.807) is 0 Å². The molecule has 1 fully saturated rings. The van der Waals surface area contributed by atoms with Crippen LogP contribution in [0.25, 0.3) is 10.8 Å². The molecule has 0 radical (unpaired) electrons. The van der Waals surface area contributed by atoms with Crippen molar-refractivity contribution in [2.45, 2.75) is 0 Å². The minimum Gasteiger partial charge on any atom is -0.492 e. The van der Waals surface area contributed by atoms with E-state index in [1.165, 1.54) is 10.8 Å². The molecular formula is C19H25N3O2. The van der Waals surface area contributed by atoms with Gasteiger partial charge in [0.05, 0.1) is 6.54 Å². The Morgan fingerprint density at radius 3 is 2.71 bits per heavy atom. The van der Waals surface area contributed by atoms with Gasteiger partial charge in [0.2, 0.25) is 5.91 Å². The molecule has 0 unspecified atom stereocenters. The van der Waals surface area contributed by atoms with Gasteiger partial charge in [0.25, 0.3) is 0 Å². The third-order valence-electron chi connectivity index (χ3n) is 4.34. The van der Waals surface area contributed by atoms with Gasteiger partial charge in [0.15, 0.2) is 0 Å². The SMILES string of the molecule is CN(CCOc1ccc2ccccc2c1)CC(=O)N1CCNCC1. The highest BCUT2D eigenvalue weighted by molar-refractivity contribution is 5.83. The largest absolute Gasteiger partial charge is 0.492 e. The number of rotatable bonds is 6. The lowest BCUT2D eigenvalue weighted by atomic mass is 10.1. The van der Waals surface area contributed by atoms with E-state index in [0.717, 1.165) is 38.5 Å². The molecule has 1 saturated heterocycles. The lowest BCUT2D eigenvalue weighted by Crippen LogP contribution is -2.49. The van der Waals surface area contributed by atoms with Crippen molar-refractivity contribution in [3.8, 4) is 5.75 Å². The first-order valence-electron chi connectivity index (χ1n) is 8.51. The zero-order valence-corrected chi connectivity index (χ0v) is 14.2. The fourth-order valence-electron chi connectivity index (χ4n) is 2.90. The molecule has 0 saturated carbocycles. The fraction of sp³-hybridized carbons (Fsp3) is 0.421. The number of hydrogen-bond acceptors (Lipinski definition) is 4. The Hall–Kier alpha value is -2.11. The fourth-order valence-corrected chi connectivity index (χ4v) is 2.90. The summed E-state index contributed by atoms with van der Waals surface area (Å²) in [6, 6.07) is 14.4. The second-order valence-corrected chi connectivity index (χ2v) is 6.23. The standard InChI is InChI=1S/C19H25N3O2/c1-21(15-19(23)22-10-8-20-9-11-22)12-13-24-18-7-6-16-4-2-3-5-17(16)14-18/h2-7,14,20H,8-13,15H2,1H3. The highest BCUT2D eigenvalue weighted by Gasteiger charge is 2.17. The molecule has 0 bridgehead atoms. The van der Waals surface area contributed by atoms with Crippen LogP contribution in [-0.2, 0) is 4.79 Å². The Morgan fingerprint density at radius 1 is 1.17 bits per heavy atom. The maximum Gasteiger partial charge on any atom is 0.236 e. The average Bonchev–Trinajstić information content (AvgIpc) is 2.62. The van der Waals surface area contributed by atoms with Crippen LogP contribution in [0.1, 0.15) is 0 Å². The summed E-state index contributed by atoms with van der Waals surface area (Å²) in [5, 5.41) is 5.65. The number of nitrogens with zero attached hydrogens (tertiary/aromatic N) is 2. The zero-order chi connectivity index (χ0) is 16.8. The lowest BCUT2D eigenvalue weighted by Gasteiger charge is -2.29. The number of hydrogen-bond donors (Lipinski definition) is 1. The van der Waals surface area contributed by atoms with Crippen LogP contribution < -0.4 is 10.1 Å². The molecule has 2 aromatic rings. The molecule has 1 heterocycles. The molecule has 1 N–H and O–H groups in total. The maximum atomic E-state index is 12.2. The van der Waals surface area contributed by atoms with Crippen molar-refractivity contribution in [1.82, 2.24) is 15.1 Å². The van der Waals surface area contributed by atoms with E-state index >= 15 is 0 Å². The molecule has 5 heteroatoms. The highest BCUT2D eigenvalue weighted by atomic mass is 16.5. The summed E-state index contributed by atoms with van der Waals surface area (Å²) in [5.41, 5.74) is 0. The van der Waals surface area contributed by atoms with Gasteiger partial charge in [-0.2, -0.15) is 0 Å². The predicted octanol–water partition coefficient (Wildman–Crippen LogP) is 1.58. The number of piperazine rings is 1. The molecule has 1 amide bonds. The summed E-state index contributed by atoms with van der Waals surface area (Å²) in [4.78, 5) is 16.2. The number of fused-ring (bicyclic) bond motifs is 1. The average molecular weight is 327 g/mol. The molecule has 1 aliphatic heterocycles. The van der Waals surface area contributed by atoms with Crippen molar-refractivity contribution < 1.29 is 9.53 Å². The van der Waals surface area contributed by atoms with Crippen LogP contribution in [0.2, 0.25) is 0 Å². The van der Waals surface area contributed by atoms with Gasteiger partial charge in [0.1, 0.15) is 12.4 Å². The summed E-state index contributed by atoms with van der Waals surface area (Å²) >= 11 is 0. The summed E-state index contributed by atoms with van der Waals surface area (Å²) in [6.45, 7) is 5.14. The van der Waals surface area contributed by atoms with Crippen molar-refractivity contribution >= 4 is 16.7 Å². The summed E-state index contributed by atoms with van der Waals surface area (Å²) in [5.74, 6) is 1.07. The molecule has 0 aromatic heterocycles. The monoisotopic (exact) mass is 327 g/mol. The number of carbonyl (C=O) groups excluding carboxylic acids is 1. The molecule has 0 atom stereocenters. The second-order valence-electron chi connectivity index (χ2n) is 6.23. The second kappa shape index (κ2) is 8.13. The third-order valence-corrected chi connectivity index (χ3v) is 4.34. The Labute approximate surface area is 143 Å². The minimum absolute atomic E-state index is 0.199. The molecule has 2 aromatic carbocycles. The van der Waals surface area contributed by atoms with Gasteiger partial charge in [-0.25, -0.2) is 0 Å². The van der Waals surface area contributed by atoms with Gasteiger partial charge >= 0.3 is 0 Å². The molecule has 0 aliphatic carbocycles. The van der Waals surface area contributed by atoms with Crippen molar-refractivity contribution in [2.75, 3.05) is 52.9 Å². The first-order valence-corrected chi connectivity index (χ1v) is 8.51. The summed E-state index contributed by atoms with van der Waals surface area (Å²) in [6.07, 6.45) is 0. The number of benzene rings is 2. The predicted molar refractivity (Wildman–Crippen MR) is 96.4 cm³/mol. The van der Waals surface area contributed by atoms with Gasteiger partial charge in [-0.15, -0.1) is 0 Å². The van der Waals surface area contributed by atoms with Crippen LogP contribution in [0, 0.1) is 0 Å². The van der Waals surface area contributed by atoms with Crippen LogP contribution in [0.3, 0.4) is 0 Å². The molecule has 128 valence electrons. The van der Waals surface area contributed by atoms with Crippen LogP contribution in [0.15, 0.2) is 42.5 Å². The molecule has 3 rings (SSSR count). The topological polar surface area (TPSA) is 44.8 Å². The smallest absolute Gasteiger partial charge is 0.236 e. The number of likely N-dealkylation sites (N-methyl/N-ethyl adjacent to an activating group) is 1. The molecule has 0 spiro atoms. The third kappa shape index (κ3) is 4.46. The van der Waals surface area contributed by atoms with Crippen LogP contribution in [-0.4, -0.2) is 68.6 Å². The Balaban J connectivity index is 1.43. The van der Waals surface area contributed by atoms with Gasteiger partial charge in [-0.05, 0) is 30.0 Å². The molecule has 5 nitrogen and oxygen atoms in total. The quantitative estimate of drug-likeness (QED) is 0.875. The van der Waals surface area contributed by atoms with E-state index in [-0.39, 0.29) is 5.91 Å². The first kappa shape index (κ1) is 16.7. The van der Waals surface area contributed by atoms with Crippen molar-refractivity contribution in [3.63, 3.8) is 0 Å². The number of amides is 1. The van der Waals surface area contributed by atoms with E-state index in [2.05, 4.69) is 29.6 Å². The summed E-state index contributed by atoms with van der Waals surface area (Å²) < 4.78 is 5.84. The van der Waals surface area contributed by atoms with E-state index in [0.29, 0.717) is 13.2 Å². The van der Waals surface area contributed by atoms with Crippen LogP contribution in [0.5, 0.6) is 5.75 Å². The van der Waals surface area contributed by atoms with Crippen molar-refractivity contribution in [1.29, 1.82) is 0 Å². The normalized spacial score (nSPS) is 15.0. The number of carbonyl (C=O) groups is 1. The highest BCUT2D eigenvalue weighted by Crippen LogP contribution is 2.20. The van der Waals surface area contributed by atoms with Gasteiger partial charge in [0, 0.05) is 32.7 Å². The number of nitrogens with one attached hydrogen (secondary N) is 1. The Bertz CT molecular complexity index is 683. The van der Waals surface area contributed by atoms with Crippen LogP contribution in [0.4, 0.5) is 0 Å². The zero-order valence-electron chi connectivity index (χ0n) is 14.2. The molecule has 1 aliphatic rings. The molecule has 24 heavy (non-hydrogen) atoms. The Kier molecular flexibility index (Phi) is 5.67. The van der Waals surface area contributed by atoms with E-state index < -0.39 is 0 Å². The van der Waals surface area contributed by atoms with E-state index in [4.69, 9.17) is 4.74 Å².